The SMILES string of the molecule is [2H]C([2H])([2H])c1c[c-]c(-c2ccc(C([2H])([2H])[2H])cn2)cc1.[2H]C([2H])([2H])c1ccc2c(n1)oc1c(-c3cc(-c4cc5ccc(-c6ccc(C(C)(C)C)cc6)cc5cc4C([2H])([2H])[2H])c(C([2H])([2H])[2H])cn3)[c-]ccc12.[Ir]. The van der Waals surface area contributed by atoms with E-state index in [2.05, 4.69) is 72.1 Å². The fraction of sp³-hybridized carbons (Fsp3) is 0.173. The number of aromatic nitrogens is 3. The van der Waals surface area contributed by atoms with E-state index in [1.807, 2.05) is 18.2 Å². The summed E-state index contributed by atoms with van der Waals surface area (Å²) in [6.45, 7) is -5.50. The number of hydrogen-bond acceptors (Lipinski definition) is 4. The number of nitrogens with zero attached hydrogens (tertiary/aromatic N) is 3. The number of furan rings is 1. The summed E-state index contributed by atoms with van der Waals surface area (Å²) in [4.78, 5) is 12.8. The van der Waals surface area contributed by atoms with Gasteiger partial charge in [-0.05, 0) is 124 Å². The summed E-state index contributed by atoms with van der Waals surface area (Å²) in [5.41, 5.74) is 6.06. The number of hydrogen-bond donors (Lipinski definition) is 0. The molecule has 0 saturated carbocycles. The van der Waals surface area contributed by atoms with Gasteiger partial charge in [0.25, 0.3) is 0 Å². The van der Waals surface area contributed by atoms with Crippen LogP contribution < -0.4 is 0 Å². The van der Waals surface area contributed by atoms with Crippen LogP contribution in [0.15, 0.2) is 132 Å². The second kappa shape index (κ2) is 16.0. The maximum atomic E-state index is 8.52. The van der Waals surface area contributed by atoms with Crippen molar-refractivity contribution in [1.82, 2.24) is 15.0 Å². The number of fused-ring (bicyclic) bond motifs is 4. The molecule has 0 atom stereocenters. The average Bonchev–Trinajstić information content (AvgIpc) is 3.68. The fourth-order valence-electron chi connectivity index (χ4n) is 6.63. The van der Waals surface area contributed by atoms with Crippen molar-refractivity contribution >= 4 is 32.8 Å². The molecule has 0 unspecified atom stereocenters. The van der Waals surface area contributed by atoms with Crippen molar-refractivity contribution < 1.29 is 45.1 Å². The molecule has 5 heteroatoms. The summed E-state index contributed by atoms with van der Waals surface area (Å²) in [5, 5.41) is 2.68. The van der Waals surface area contributed by atoms with Gasteiger partial charge in [0.05, 0.1) is 5.58 Å². The third-order valence-corrected chi connectivity index (χ3v) is 9.66. The van der Waals surface area contributed by atoms with E-state index in [1.165, 1.54) is 42.2 Å². The van der Waals surface area contributed by atoms with Gasteiger partial charge in [0.1, 0.15) is 0 Å². The van der Waals surface area contributed by atoms with Gasteiger partial charge in [0.15, 0.2) is 0 Å². The van der Waals surface area contributed by atoms with Crippen LogP contribution in [0.2, 0.25) is 0 Å². The van der Waals surface area contributed by atoms with Gasteiger partial charge in [0, 0.05) is 64.1 Å². The molecule has 4 nitrogen and oxygen atoms in total. The Balaban J connectivity index is 0.000000304. The Kier molecular flexibility index (Phi) is 6.97. The van der Waals surface area contributed by atoms with Gasteiger partial charge in [-0.3, -0.25) is 0 Å². The van der Waals surface area contributed by atoms with E-state index in [0.29, 0.717) is 44.3 Å². The molecule has 5 aromatic carbocycles. The molecule has 0 aliphatic rings. The smallest absolute Gasteiger partial charge is 0.216 e. The molecule has 0 saturated heterocycles. The van der Waals surface area contributed by atoms with Gasteiger partial charge in [-0.2, -0.15) is 0 Å². The molecule has 4 aromatic heterocycles. The maximum absolute atomic E-state index is 8.52. The Morgan fingerprint density at radius 1 is 0.614 bits per heavy atom. The van der Waals surface area contributed by atoms with E-state index < -0.39 is 34.3 Å². The number of pyridine rings is 3. The minimum atomic E-state index is -2.62. The van der Waals surface area contributed by atoms with Crippen molar-refractivity contribution in [3.63, 3.8) is 0 Å². The van der Waals surface area contributed by atoms with E-state index >= 15 is 0 Å². The Morgan fingerprint density at radius 3 is 2.12 bits per heavy atom. The van der Waals surface area contributed by atoms with Crippen molar-refractivity contribution in [3.8, 4) is 44.8 Å². The van der Waals surface area contributed by atoms with Crippen molar-refractivity contribution in [2.45, 2.75) is 60.4 Å². The molecule has 0 aliphatic heterocycles. The van der Waals surface area contributed by atoms with Crippen molar-refractivity contribution in [2.24, 2.45) is 0 Å². The maximum Gasteiger partial charge on any atom is 0.216 e. The summed E-state index contributed by atoms with van der Waals surface area (Å²) in [7, 11) is 0. The summed E-state index contributed by atoms with van der Waals surface area (Å²) < 4.78 is 124. The van der Waals surface area contributed by atoms with E-state index in [4.69, 9.17) is 25.0 Å². The Labute approximate surface area is 370 Å². The summed E-state index contributed by atoms with van der Waals surface area (Å²) in [5.74, 6) is 0. The number of benzene rings is 5. The van der Waals surface area contributed by atoms with Gasteiger partial charge in [-0.15, -0.1) is 53.6 Å². The molecule has 0 spiro atoms. The van der Waals surface area contributed by atoms with Crippen LogP contribution in [0.1, 0.15) is 74.8 Å². The third kappa shape index (κ3) is 8.23. The minimum absolute atomic E-state index is 0. The van der Waals surface area contributed by atoms with Crippen LogP contribution in [0, 0.1) is 46.4 Å². The normalized spacial score (nSPS) is 16.4. The number of rotatable bonds is 4. The third-order valence-electron chi connectivity index (χ3n) is 9.66. The molecule has 0 fully saturated rings. The van der Waals surface area contributed by atoms with Crippen molar-refractivity contribution in [1.29, 1.82) is 0 Å². The van der Waals surface area contributed by atoms with Crippen LogP contribution in [0.3, 0.4) is 0 Å². The second-order valence-electron chi connectivity index (χ2n) is 14.6. The Hall–Kier alpha value is -5.74. The van der Waals surface area contributed by atoms with Crippen LogP contribution in [0.5, 0.6) is 0 Å². The molecule has 0 amide bonds. The molecule has 1 radical (unpaired) electrons. The van der Waals surface area contributed by atoms with Crippen LogP contribution in [0.4, 0.5) is 0 Å². The standard InChI is InChI=1S/C39H33N2O.C13H12N.Ir/c1-23-18-29-19-27(26-13-15-30(16-14-26)39(4,5)6)11-12-28(29)20-34(23)35-21-36(40-22-24(35)2)33-9-7-8-31-32-17-10-25(3)41-38(32)42-37(31)33;1-10-3-6-12(7-4-10)13-8-5-11(2)9-14-13;/h7-8,10-22H,1-6H3;3-6,8-9H,1-2H3;/q2*-1;/i1D3,2D3,3D3;1D3,2D3;. The van der Waals surface area contributed by atoms with Crippen LogP contribution in [-0.4, -0.2) is 15.0 Å². The Morgan fingerprint density at radius 2 is 1.40 bits per heavy atom. The molecule has 9 rings (SSSR count). The zero-order chi connectivity index (χ0) is 51.6. The molecule has 9 aromatic rings. The topological polar surface area (TPSA) is 51.8 Å². The Bertz CT molecular complexity index is 3370. The molecule has 0 bridgehead atoms. The molecule has 0 aliphatic carbocycles. The predicted molar refractivity (Wildman–Crippen MR) is 233 cm³/mol. The van der Waals surface area contributed by atoms with Crippen molar-refractivity contribution in [3.05, 3.63) is 173 Å². The van der Waals surface area contributed by atoms with Gasteiger partial charge >= 0.3 is 0 Å². The van der Waals surface area contributed by atoms with E-state index in [-0.39, 0.29) is 70.3 Å². The minimum Gasteiger partial charge on any atom is -0.486 e. The molecule has 57 heavy (non-hydrogen) atoms. The summed E-state index contributed by atoms with van der Waals surface area (Å²) in [6.07, 6.45) is 2.55. The monoisotopic (exact) mass is 935 g/mol. The number of aryl methyl sites for hydroxylation is 5. The van der Waals surface area contributed by atoms with Gasteiger partial charge < -0.3 is 14.4 Å². The van der Waals surface area contributed by atoms with Gasteiger partial charge in [-0.25, -0.2) is 4.98 Å². The molecule has 4 heterocycles. The first kappa shape index (κ1) is 24.8. The zero-order valence-electron chi connectivity index (χ0n) is 46.2. The largest absolute Gasteiger partial charge is 0.486 e. The van der Waals surface area contributed by atoms with Gasteiger partial charge in [-0.1, -0.05) is 99.2 Å². The van der Waals surface area contributed by atoms with Gasteiger partial charge in [0.2, 0.25) is 5.71 Å². The second-order valence-corrected chi connectivity index (χ2v) is 14.6. The van der Waals surface area contributed by atoms with Crippen molar-refractivity contribution in [2.75, 3.05) is 0 Å². The average molecular weight is 935 g/mol. The summed E-state index contributed by atoms with van der Waals surface area (Å²) >= 11 is 0. The fourth-order valence-corrected chi connectivity index (χ4v) is 6.63. The van der Waals surface area contributed by atoms with E-state index in [1.54, 1.807) is 48.5 Å². The van der Waals surface area contributed by atoms with Crippen LogP contribution in [0.25, 0.3) is 77.6 Å². The molecule has 0 N–H and O–H groups in total. The first-order valence-electron chi connectivity index (χ1n) is 25.4. The molecular weight excluding hydrogens is 875 g/mol. The summed E-state index contributed by atoms with van der Waals surface area (Å²) in [6, 6.07) is 39.1. The molecule has 285 valence electrons. The van der Waals surface area contributed by atoms with E-state index in [9.17, 15) is 0 Å². The first-order valence-corrected chi connectivity index (χ1v) is 17.9. The first-order chi connectivity index (χ1) is 33.0. The van der Waals surface area contributed by atoms with Crippen LogP contribution in [-0.2, 0) is 25.5 Å². The zero-order valence-corrected chi connectivity index (χ0v) is 33.6. The predicted octanol–water partition coefficient (Wildman–Crippen LogP) is 13.7. The van der Waals surface area contributed by atoms with E-state index in [0.717, 1.165) is 16.5 Å². The quantitative estimate of drug-likeness (QED) is 0.165. The van der Waals surface area contributed by atoms with Crippen LogP contribution >= 0.6 is 0 Å². The molecular formula is C52H45IrN3O-2.